The Hall–Kier alpha value is -2.77. The highest BCUT2D eigenvalue weighted by Crippen LogP contribution is 2.54. The van der Waals surface area contributed by atoms with E-state index < -0.39 is 11.8 Å². The van der Waals surface area contributed by atoms with Crippen LogP contribution in [-0.4, -0.2) is 25.0 Å². The Kier molecular flexibility index (Phi) is 3.38. The van der Waals surface area contributed by atoms with E-state index in [-0.39, 0.29) is 23.0 Å². The molecular formula is C17H16F2N4O2. The van der Waals surface area contributed by atoms with Crippen LogP contribution in [0.3, 0.4) is 0 Å². The Morgan fingerprint density at radius 1 is 1.28 bits per heavy atom. The van der Waals surface area contributed by atoms with E-state index in [9.17, 15) is 13.9 Å². The van der Waals surface area contributed by atoms with Crippen LogP contribution in [0.2, 0.25) is 0 Å². The van der Waals surface area contributed by atoms with Gasteiger partial charge in [0.1, 0.15) is 11.4 Å². The zero-order valence-corrected chi connectivity index (χ0v) is 13.7. The normalized spacial score (nSPS) is 15.7. The predicted molar refractivity (Wildman–Crippen MR) is 84.3 cm³/mol. The lowest BCUT2D eigenvalue weighted by atomic mass is 9.91. The number of aryl methyl sites for hydroxylation is 2. The Morgan fingerprint density at radius 3 is 2.68 bits per heavy atom. The van der Waals surface area contributed by atoms with Gasteiger partial charge in [0.2, 0.25) is 0 Å². The molecule has 1 fully saturated rings. The lowest BCUT2D eigenvalue weighted by Crippen LogP contribution is -2.12. The zero-order valence-electron chi connectivity index (χ0n) is 13.7. The number of halogens is 2. The number of hydrogen-bond acceptors (Lipinski definition) is 5. The minimum Gasteiger partial charge on any atom is -0.508 e. The summed E-state index contributed by atoms with van der Waals surface area (Å²) in [6.45, 7) is 1.96. The van der Waals surface area contributed by atoms with Gasteiger partial charge in [-0.2, -0.15) is 10.1 Å². The van der Waals surface area contributed by atoms with E-state index >= 15 is 0 Å². The first kappa shape index (κ1) is 15.7. The number of alkyl halides is 2. The number of phenols is 1. The largest absolute Gasteiger partial charge is 0.508 e. The molecule has 0 radical (unpaired) electrons. The number of aromatic hydroxyl groups is 1. The van der Waals surface area contributed by atoms with Gasteiger partial charge >= 0.3 is 0 Å². The van der Waals surface area contributed by atoms with Crippen molar-refractivity contribution in [2.24, 2.45) is 7.05 Å². The van der Waals surface area contributed by atoms with Gasteiger partial charge in [0, 0.05) is 7.05 Å². The molecule has 1 saturated carbocycles. The molecule has 6 nitrogen and oxygen atoms in total. The molecule has 1 N–H and O–H groups in total. The Labute approximate surface area is 142 Å². The van der Waals surface area contributed by atoms with E-state index in [2.05, 4.69) is 15.2 Å². The summed E-state index contributed by atoms with van der Waals surface area (Å²) in [5, 5.41) is 17.9. The summed E-state index contributed by atoms with van der Waals surface area (Å²) >= 11 is 0. The lowest BCUT2D eigenvalue weighted by Gasteiger charge is -2.14. The first-order valence-corrected chi connectivity index (χ1v) is 7.87. The molecule has 130 valence electrons. The molecule has 0 atom stereocenters. The van der Waals surface area contributed by atoms with Crippen molar-refractivity contribution < 1.29 is 18.4 Å². The van der Waals surface area contributed by atoms with E-state index in [0.29, 0.717) is 5.82 Å². The molecule has 2 heterocycles. The van der Waals surface area contributed by atoms with Gasteiger partial charge in [0.25, 0.3) is 12.3 Å². The predicted octanol–water partition coefficient (Wildman–Crippen LogP) is 3.50. The summed E-state index contributed by atoms with van der Waals surface area (Å²) in [4.78, 5) is 4.40. The molecule has 0 unspecified atom stereocenters. The van der Waals surface area contributed by atoms with Gasteiger partial charge in [-0.1, -0.05) is 11.2 Å². The second kappa shape index (κ2) is 5.37. The molecule has 8 heteroatoms. The second-order valence-electron chi connectivity index (χ2n) is 6.38. The molecule has 1 aliphatic carbocycles. The van der Waals surface area contributed by atoms with Gasteiger partial charge in [-0.25, -0.2) is 8.78 Å². The van der Waals surface area contributed by atoms with Crippen LogP contribution in [0.5, 0.6) is 5.75 Å². The van der Waals surface area contributed by atoms with Crippen LogP contribution in [0, 0.1) is 6.92 Å². The fraction of sp³-hybridized carbons (Fsp3) is 0.353. The van der Waals surface area contributed by atoms with Gasteiger partial charge < -0.3 is 9.63 Å². The lowest BCUT2D eigenvalue weighted by molar-refractivity contribution is 0.141. The third-order valence-electron chi connectivity index (χ3n) is 4.70. The average molecular weight is 346 g/mol. The van der Waals surface area contributed by atoms with Crippen LogP contribution in [0.1, 0.15) is 41.9 Å². The van der Waals surface area contributed by atoms with E-state index in [4.69, 9.17) is 4.52 Å². The molecule has 0 bridgehead atoms. The molecule has 3 aromatic rings. The second-order valence-corrected chi connectivity index (χ2v) is 6.38. The van der Waals surface area contributed by atoms with Gasteiger partial charge in [0.15, 0.2) is 11.5 Å². The third kappa shape index (κ3) is 2.48. The van der Waals surface area contributed by atoms with Crippen LogP contribution >= 0.6 is 0 Å². The highest BCUT2D eigenvalue weighted by molar-refractivity contribution is 5.51. The van der Waals surface area contributed by atoms with Crippen LogP contribution in [0.25, 0.3) is 11.6 Å². The summed E-state index contributed by atoms with van der Waals surface area (Å²) in [7, 11) is 1.45. The van der Waals surface area contributed by atoms with Crippen molar-refractivity contribution in [2.75, 3.05) is 0 Å². The smallest absolute Gasteiger partial charge is 0.280 e. The van der Waals surface area contributed by atoms with Crippen molar-refractivity contribution in [1.29, 1.82) is 0 Å². The fourth-order valence-electron chi connectivity index (χ4n) is 3.18. The first-order valence-electron chi connectivity index (χ1n) is 7.87. The number of phenolic OH excluding ortho intramolecular Hbond substituents is 1. The zero-order chi connectivity index (χ0) is 17.8. The molecule has 2 aromatic heterocycles. The topological polar surface area (TPSA) is 77.0 Å². The van der Waals surface area contributed by atoms with Crippen molar-refractivity contribution in [1.82, 2.24) is 19.9 Å². The molecule has 25 heavy (non-hydrogen) atoms. The van der Waals surface area contributed by atoms with Crippen LogP contribution < -0.4 is 0 Å². The van der Waals surface area contributed by atoms with E-state index in [1.54, 1.807) is 12.1 Å². The van der Waals surface area contributed by atoms with Gasteiger partial charge in [0.05, 0.1) is 5.41 Å². The standard InChI is InChI=1S/C17H16F2N4O2/c1-9-3-4-10(24)7-11(9)17(5-6-17)16-20-15(25-22-16)12-8-13(14(18)19)23(2)21-12/h3-4,7-8,14,24H,5-6H2,1-2H3. The number of rotatable bonds is 4. The molecule has 0 aliphatic heterocycles. The fourth-order valence-corrected chi connectivity index (χ4v) is 3.18. The Bertz CT molecular complexity index is 944. The molecule has 0 spiro atoms. The van der Waals surface area contributed by atoms with Crippen molar-refractivity contribution >= 4 is 0 Å². The quantitative estimate of drug-likeness (QED) is 0.782. The van der Waals surface area contributed by atoms with Gasteiger partial charge in [-0.3, -0.25) is 4.68 Å². The summed E-state index contributed by atoms with van der Waals surface area (Å²) in [5.74, 6) is 0.781. The first-order chi connectivity index (χ1) is 11.9. The monoisotopic (exact) mass is 346 g/mol. The summed E-state index contributed by atoms with van der Waals surface area (Å²) in [6.07, 6.45) is -0.958. The van der Waals surface area contributed by atoms with Crippen LogP contribution in [-0.2, 0) is 12.5 Å². The van der Waals surface area contributed by atoms with Crippen molar-refractivity contribution in [3.05, 3.63) is 46.9 Å². The molecular weight excluding hydrogens is 330 g/mol. The number of benzene rings is 1. The van der Waals surface area contributed by atoms with Crippen molar-refractivity contribution in [2.45, 2.75) is 31.6 Å². The minimum absolute atomic E-state index is 0.113. The maximum Gasteiger partial charge on any atom is 0.280 e. The Morgan fingerprint density at radius 2 is 2.04 bits per heavy atom. The minimum atomic E-state index is -2.63. The van der Waals surface area contributed by atoms with Crippen molar-refractivity contribution in [3.63, 3.8) is 0 Å². The van der Waals surface area contributed by atoms with E-state index in [0.717, 1.165) is 28.7 Å². The van der Waals surface area contributed by atoms with Crippen LogP contribution in [0.15, 0.2) is 28.8 Å². The SMILES string of the molecule is Cc1ccc(O)cc1C1(c2noc(-c3cc(C(F)F)n(C)n3)n2)CC1. The number of hydrogen-bond donors (Lipinski definition) is 1. The maximum atomic E-state index is 12.9. The molecule has 1 aromatic carbocycles. The summed E-state index contributed by atoms with van der Waals surface area (Å²) in [6, 6.07) is 6.45. The van der Waals surface area contributed by atoms with E-state index in [1.807, 2.05) is 13.0 Å². The summed E-state index contributed by atoms with van der Waals surface area (Å²) < 4.78 is 32.2. The third-order valence-corrected chi connectivity index (χ3v) is 4.70. The maximum absolute atomic E-state index is 12.9. The molecule has 1 aliphatic rings. The molecule has 0 saturated heterocycles. The van der Waals surface area contributed by atoms with Crippen molar-refractivity contribution in [3.8, 4) is 17.3 Å². The highest BCUT2D eigenvalue weighted by atomic mass is 19.3. The van der Waals surface area contributed by atoms with Gasteiger partial charge in [-0.15, -0.1) is 0 Å². The Balaban J connectivity index is 1.72. The van der Waals surface area contributed by atoms with E-state index in [1.165, 1.54) is 13.1 Å². The highest BCUT2D eigenvalue weighted by Gasteiger charge is 2.51. The van der Waals surface area contributed by atoms with Gasteiger partial charge in [-0.05, 0) is 49.1 Å². The molecule has 0 amide bonds. The summed E-state index contributed by atoms with van der Waals surface area (Å²) in [5.41, 5.74) is 1.60. The van der Waals surface area contributed by atoms with Crippen LogP contribution in [0.4, 0.5) is 8.78 Å². The number of aromatic nitrogens is 4. The molecule has 4 rings (SSSR count). The number of nitrogens with zero attached hydrogens (tertiary/aromatic N) is 4. The average Bonchev–Trinajstić information content (AvgIpc) is 3.03.